The molecule has 0 heterocycles. The fourth-order valence-corrected chi connectivity index (χ4v) is 7.02. The van der Waals surface area contributed by atoms with E-state index in [2.05, 4.69) is 21.2 Å². The predicted octanol–water partition coefficient (Wildman–Crippen LogP) is 6.86. The van der Waals surface area contributed by atoms with Gasteiger partial charge in [-0.25, -0.2) is 8.42 Å². The standard InChI is InChI=1S/C35H37BrClN3O5S/c1-35(2,3)38-34(42)31(21-25-12-7-5-8-13-25)39(23-26-14-11-15-27(36)20-26)33(41)24-40(28-18-19-32(45-4)30(37)22-28)46(43,44)29-16-9-6-10-17-29/h5-20,22,31H,21,23-24H2,1-4H3,(H,38,42). The summed E-state index contributed by atoms with van der Waals surface area (Å²) in [4.78, 5) is 30.0. The van der Waals surface area contributed by atoms with Crippen molar-refractivity contribution in [2.75, 3.05) is 18.0 Å². The molecule has 4 aromatic carbocycles. The Morgan fingerprint density at radius 1 is 0.891 bits per heavy atom. The Hall–Kier alpha value is -3.86. The second kappa shape index (κ2) is 15.2. The Morgan fingerprint density at radius 2 is 1.52 bits per heavy atom. The van der Waals surface area contributed by atoms with Crippen LogP contribution in [0.15, 0.2) is 112 Å². The van der Waals surface area contributed by atoms with E-state index in [0.717, 1.165) is 19.9 Å². The molecule has 4 aromatic rings. The number of amides is 2. The third-order valence-electron chi connectivity index (χ3n) is 7.04. The van der Waals surface area contributed by atoms with E-state index in [1.54, 1.807) is 24.3 Å². The number of hydrogen-bond acceptors (Lipinski definition) is 5. The first-order chi connectivity index (χ1) is 21.8. The molecule has 0 fully saturated rings. The highest BCUT2D eigenvalue weighted by Gasteiger charge is 2.35. The van der Waals surface area contributed by atoms with Gasteiger partial charge in [0.2, 0.25) is 11.8 Å². The molecule has 0 bridgehead atoms. The van der Waals surface area contributed by atoms with E-state index in [4.69, 9.17) is 16.3 Å². The molecule has 1 unspecified atom stereocenters. The van der Waals surface area contributed by atoms with Crippen molar-refractivity contribution in [3.8, 4) is 5.75 Å². The van der Waals surface area contributed by atoms with E-state index >= 15 is 0 Å². The molecular weight excluding hydrogens is 690 g/mol. The first-order valence-electron chi connectivity index (χ1n) is 14.6. The molecule has 0 aliphatic heterocycles. The second-order valence-corrected chi connectivity index (χ2v) is 14.9. The third kappa shape index (κ3) is 9.11. The molecule has 0 saturated carbocycles. The van der Waals surface area contributed by atoms with Crippen molar-refractivity contribution in [2.24, 2.45) is 0 Å². The maximum absolute atomic E-state index is 14.6. The van der Waals surface area contributed by atoms with Gasteiger partial charge in [0.05, 0.1) is 22.7 Å². The van der Waals surface area contributed by atoms with Crippen LogP contribution in [0.3, 0.4) is 0 Å². The Labute approximate surface area is 284 Å². The van der Waals surface area contributed by atoms with E-state index in [1.807, 2.05) is 75.4 Å². The first kappa shape index (κ1) is 35.0. The molecule has 8 nitrogen and oxygen atoms in total. The molecule has 0 saturated heterocycles. The lowest BCUT2D eigenvalue weighted by atomic mass is 10.0. The third-order valence-corrected chi connectivity index (χ3v) is 9.62. The van der Waals surface area contributed by atoms with Crippen LogP contribution in [0.25, 0.3) is 0 Å². The molecule has 0 spiro atoms. The number of nitrogens with one attached hydrogen (secondary N) is 1. The number of halogens is 2. The number of hydrogen-bond donors (Lipinski definition) is 1. The van der Waals surface area contributed by atoms with Gasteiger partial charge in [-0.1, -0.05) is 88.2 Å². The van der Waals surface area contributed by atoms with Gasteiger partial charge < -0.3 is 15.0 Å². The van der Waals surface area contributed by atoms with E-state index in [1.165, 1.54) is 36.3 Å². The summed E-state index contributed by atoms with van der Waals surface area (Å²) in [6.45, 7) is 5.06. The molecule has 1 atom stereocenters. The molecule has 4 rings (SSSR count). The van der Waals surface area contributed by atoms with Gasteiger partial charge in [-0.2, -0.15) is 0 Å². The monoisotopic (exact) mass is 725 g/mol. The van der Waals surface area contributed by atoms with Crippen LogP contribution in [-0.2, 0) is 32.6 Å². The lowest BCUT2D eigenvalue weighted by Crippen LogP contribution is -2.56. The summed E-state index contributed by atoms with van der Waals surface area (Å²) < 4.78 is 35.4. The largest absolute Gasteiger partial charge is 0.495 e. The number of anilines is 1. The minimum absolute atomic E-state index is 0.000378. The van der Waals surface area contributed by atoms with Crippen LogP contribution in [0.4, 0.5) is 5.69 Å². The topological polar surface area (TPSA) is 96.0 Å². The van der Waals surface area contributed by atoms with Crippen molar-refractivity contribution in [1.29, 1.82) is 0 Å². The van der Waals surface area contributed by atoms with E-state index < -0.39 is 34.1 Å². The number of carbonyl (C=O) groups is 2. The van der Waals surface area contributed by atoms with Crippen LogP contribution in [0.1, 0.15) is 31.9 Å². The number of sulfonamides is 1. The lowest BCUT2D eigenvalue weighted by Gasteiger charge is -2.35. The van der Waals surface area contributed by atoms with Crippen molar-refractivity contribution in [3.05, 3.63) is 124 Å². The minimum Gasteiger partial charge on any atom is -0.495 e. The molecule has 1 N–H and O–H groups in total. The number of rotatable bonds is 12. The van der Waals surface area contributed by atoms with Crippen LogP contribution in [0.2, 0.25) is 5.02 Å². The van der Waals surface area contributed by atoms with E-state index in [0.29, 0.717) is 5.75 Å². The van der Waals surface area contributed by atoms with Gasteiger partial charge in [0.25, 0.3) is 10.0 Å². The van der Waals surface area contributed by atoms with Crippen molar-refractivity contribution in [1.82, 2.24) is 10.2 Å². The smallest absolute Gasteiger partial charge is 0.264 e. The molecule has 0 aromatic heterocycles. The highest BCUT2D eigenvalue weighted by Crippen LogP contribution is 2.32. The quantitative estimate of drug-likeness (QED) is 0.172. The normalized spacial score (nSPS) is 12.2. The summed E-state index contributed by atoms with van der Waals surface area (Å²) in [6.07, 6.45) is 0.211. The molecule has 2 amide bonds. The van der Waals surface area contributed by atoms with Crippen molar-refractivity contribution >= 4 is 55.1 Å². The second-order valence-electron chi connectivity index (χ2n) is 11.7. The average molecular weight is 727 g/mol. The molecular formula is C35H37BrClN3O5S. The molecule has 46 heavy (non-hydrogen) atoms. The molecule has 242 valence electrons. The first-order valence-corrected chi connectivity index (χ1v) is 17.2. The van der Waals surface area contributed by atoms with Gasteiger partial charge in [0.1, 0.15) is 18.3 Å². The van der Waals surface area contributed by atoms with Crippen LogP contribution in [0.5, 0.6) is 5.75 Å². The number of benzene rings is 4. The molecule has 11 heteroatoms. The van der Waals surface area contributed by atoms with Crippen LogP contribution in [-0.4, -0.2) is 50.4 Å². The molecule has 0 radical (unpaired) electrons. The zero-order valence-electron chi connectivity index (χ0n) is 26.1. The zero-order valence-corrected chi connectivity index (χ0v) is 29.3. The average Bonchev–Trinajstić information content (AvgIpc) is 3.01. The fourth-order valence-electron chi connectivity index (χ4n) is 4.90. The Bertz CT molecular complexity index is 1770. The molecule has 0 aliphatic carbocycles. The number of ether oxygens (including phenoxy) is 1. The van der Waals surface area contributed by atoms with Crippen molar-refractivity contribution < 1.29 is 22.7 Å². The van der Waals surface area contributed by atoms with Gasteiger partial charge in [0.15, 0.2) is 0 Å². The van der Waals surface area contributed by atoms with Gasteiger partial charge in [0, 0.05) is 23.0 Å². The molecule has 0 aliphatic rings. The van der Waals surface area contributed by atoms with Gasteiger partial charge in [-0.3, -0.25) is 13.9 Å². The highest BCUT2D eigenvalue weighted by atomic mass is 79.9. The summed E-state index contributed by atoms with van der Waals surface area (Å²) >= 11 is 9.93. The van der Waals surface area contributed by atoms with Crippen LogP contribution in [0, 0.1) is 0 Å². The SMILES string of the molecule is COc1ccc(N(CC(=O)N(Cc2cccc(Br)c2)C(Cc2ccccc2)C(=O)NC(C)(C)C)S(=O)(=O)c2ccccc2)cc1Cl. The van der Waals surface area contributed by atoms with Gasteiger partial charge in [-0.15, -0.1) is 0 Å². The number of methoxy groups -OCH3 is 1. The Morgan fingerprint density at radius 3 is 2.11 bits per heavy atom. The highest BCUT2D eigenvalue weighted by molar-refractivity contribution is 9.10. The summed E-state index contributed by atoms with van der Waals surface area (Å²) in [7, 11) is -2.80. The lowest BCUT2D eigenvalue weighted by molar-refractivity contribution is -0.140. The van der Waals surface area contributed by atoms with Gasteiger partial charge in [-0.05, 0) is 74.4 Å². The Balaban J connectivity index is 1.84. The maximum Gasteiger partial charge on any atom is 0.264 e. The summed E-state index contributed by atoms with van der Waals surface area (Å²) in [5, 5.41) is 3.21. The van der Waals surface area contributed by atoms with Crippen molar-refractivity contribution in [3.63, 3.8) is 0 Å². The zero-order chi connectivity index (χ0) is 33.5. The maximum atomic E-state index is 14.6. The van der Waals surface area contributed by atoms with Crippen LogP contribution >= 0.6 is 27.5 Å². The summed E-state index contributed by atoms with van der Waals surface area (Å²) in [5.74, 6) is -0.576. The van der Waals surface area contributed by atoms with Crippen LogP contribution < -0.4 is 14.4 Å². The minimum atomic E-state index is -4.25. The fraction of sp³-hybridized carbons (Fsp3) is 0.257. The number of nitrogens with zero attached hydrogens (tertiary/aromatic N) is 2. The summed E-state index contributed by atoms with van der Waals surface area (Å²) in [5.41, 5.74) is 1.19. The summed E-state index contributed by atoms with van der Waals surface area (Å²) in [6, 6.07) is 28.3. The Kier molecular flexibility index (Phi) is 11.5. The number of carbonyl (C=O) groups excluding carboxylic acids is 2. The van der Waals surface area contributed by atoms with E-state index in [-0.39, 0.29) is 34.5 Å². The predicted molar refractivity (Wildman–Crippen MR) is 185 cm³/mol. The van der Waals surface area contributed by atoms with E-state index in [9.17, 15) is 18.0 Å². The van der Waals surface area contributed by atoms with Crippen molar-refractivity contribution in [2.45, 2.75) is 50.2 Å². The van der Waals surface area contributed by atoms with Gasteiger partial charge >= 0.3 is 0 Å².